The maximum absolute atomic E-state index is 11.8. The second-order valence-electron chi connectivity index (χ2n) is 5.76. The molecule has 1 aliphatic rings. The van der Waals surface area contributed by atoms with Gasteiger partial charge >= 0.3 is 5.97 Å². The standard InChI is InChI=1S/C16H20N2O5S3/c1-26(21,22)13-6-4-5-12(9-13)17-14(19)10-23-15(20)11-25-16(24)18-7-2-3-8-18/h4-6,9H,2-3,7-8,10-11H2,1H3,(H,17,19). The number of thioether (sulfide) groups is 1. The zero-order valence-electron chi connectivity index (χ0n) is 14.3. The largest absolute Gasteiger partial charge is 0.455 e. The van der Waals surface area contributed by atoms with Crippen molar-refractivity contribution in [3.05, 3.63) is 24.3 Å². The molecule has 1 heterocycles. The summed E-state index contributed by atoms with van der Waals surface area (Å²) in [6, 6.07) is 5.86. The van der Waals surface area contributed by atoms with E-state index in [1.54, 1.807) is 6.07 Å². The van der Waals surface area contributed by atoms with Crippen molar-refractivity contribution >= 4 is 55.7 Å². The molecule has 0 atom stereocenters. The van der Waals surface area contributed by atoms with Gasteiger partial charge in [0.25, 0.3) is 5.91 Å². The average Bonchev–Trinajstić information content (AvgIpc) is 3.12. The van der Waals surface area contributed by atoms with E-state index in [-0.39, 0.29) is 10.6 Å². The van der Waals surface area contributed by atoms with Gasteiger partial charge in [0.15, 0.2) is 16.4 Å². The fourth-order valence-corrected chi connectivity index (χ4v) is 4.02. The molecule has 26 heavy (non-hydrogen) atoms. The van der Waals surface area contributed by atoms with E-state index < -0.39 is 28.3 Å². The predicted octanol–water partition coefficient (Wildman–Crippen LogP) is 1.69. The van der Waals surface area contributed by atoms with E-state index in [1.807, 2.05) is 0 Å². The highest BCUT2D eigenvalue weighted by molar-refractivity contribution is 8.23. The third-order valence-electron chi connectivity index (χ3n) is 3.59. The minimum absolute atomic E-state index is 0.0478. The van der Waals surface area contributed by atoms with Crippen LogP contribution in [-0.2, 0) is 24.2 Å². The van der Waals surface area contributed by atoms with Gasteiger partial charge in [-0.05, 0) is 31.0 Å². The summed E-state index contributed by atoms with van der Waals surface area (Å²) >= 11 is 6.48. The first kappa shape index (κ1) is 20.7. The van der Waals surface area contributed by atoms with Crippen molar-refractivity contribution in [2.24, 2.45) is 0 Å². The summed E-state index contributed by atoms with van der Waals surface area (Å²) in [5.41, 5.74) is 0.318. The lowest BCUT2D eigenvalue weighted by molar-refractivity contribution is -0.144. The van der Waals surface area contributed by atoms with E-state index >= 15 is 0 Å². The molecule has 1 aromatic rings. The number of carbonyl (C=O) groups excluding carboxylic acids is 2. The smallest absolute Gasteiger partial charge is 0.316 e. The zero-order valence-corrected chi connectivity index (χ0v) is 16.7. The Hall–Kier alpha value is -1.65. The van der Waals surface area contributed by atoms with Crippen LogP contribution in [0, 0.1) is 0 Å². The number of hydrogen-bond acceptors (Lipinski definition) is 7. The summed E-state index contributed by atoms with van der Waals surface area (Å²) < 4.78 is 28.6. The summed E-state index contributed by atoms with van der Waals surface area (Å²) in [5.74, 6) is -1.03. The lowest BCUT2D eigenvalue weighted by atomic mass is 10.3. The molecule has 0 spiro atoms. The first-order chi connectivity index (χ1) is 12.3. The van der Waals surface area contributed by atoms with Gasteiger partial charge < -0.3 is 15.0 Å². The van der Waals surface area contributed by atoms with Crippen LogP contribution < -0.4 is 5.32 Å². The number of likely N-dealkylation sites (tertiary alicyclic amines) is 1. The number of benzene rings is 1. The summed E-state index contributed by atoms with van der Waals surface area (Å²) in [5, 5.41) is 2.50. The van der Waals surface area contributed by atoms with Crippen molar-refractivity contribution in [2.75, 3.05) is 37.0 Å². The first-order valence-corrected chi connectivity index (χ1v) is 11.2. The van der Waals surface area contributed by atoms with Crippen molar-refractivity contribution in [1.29, 1.82) is 0 Å². The van der Waals surface area contributed by atoms with Crippen molar-refractivity contribution in [1.82, 2.24) is 4.90 Å². The van der Waals surface area contributed by atoms with Crippen LogP contribution in [0.3, 0.4) is 0 Å². The summed E-state index contributed by atoms with van der Waals surface area (Å²) in [4.78, 5) is 25.7. The van der Waals surface area contributed by atoms with Crippen LogP contribution in [0.25, 0.3) is 0 Å². The number of esters is 1. The quantitative estimate of drug-likeness (QED) is 0.553. The Morgan fingerprint density at radius 1 is 1.31 bits per heavy atom. The predicted molar refractivity (Wildman–Crippen MR) is 105 cm³/mol. The number of nitrogens with one attached hydrogen (secondary N) is 1. The topological polar surface area (TPSA) is 92.8 Å². The molecule has 1 aliphatic heterocycles. The Kier molecular flexibility index (Phi) is 7.42. The molecule has 2 rings (SSSR count). The number of thiocarbonyl (C=S) groups is 1. The number of anilines is 1. The number of rotatable bonds is 6. The highest BCUT2D eigenvalue weighted by atomic mass is 32.2. The van der Waals surface area contributed by atoms with Gasteiger partial charge in [0, 0.05) is 25.0 Å². The average molecular weight is 417 g/mol. The third kappa shape index (κ3) is 6.58. The molecule has 1 saturated heterocycles. The summed E-state index contributed by atoms with van der Waals surface area (Å²) in [7, 11) is -3.37. The number of hydrogen-bond donors (Lipinski definition) is 1. The molecule has 1 N–H and O–H groups in total. The zero-order chi connectivity index (χ0) is 19.2. The highest BCUT2D eigenvalue weighted by Gasteiger charge is 2.17. The van der Waals surface area contributed by atoms with Gasteiger partial charge in [-0.2, -0.15) is 0 Å². The molecule has 1 fully saturated rings. The molecule has 10 heteroatoms. The molecule has 0 aliphatic carbocycles. The van der Waals surface area contributed by atoms with Crippen LogP contribution in [-0.4, -0.2) is 61.2 Å². The Morgan fingerprint density at radius 2 is 2.00 bits per heavy atom. The monoisotopic (exact) mass is 416 g/mol. The molecular formula is C16H20N2O5S3. The fraction of sp³-hybridized carbons (Fsp3) is 0.438. The van der Waals surface area contributed by atoms with Crippen molar-refractivity contribution in [3.63, 3.8) is 0 Å². The molecule has 0 aromatic heterocycles. The molecule has 1 aromatic carbocycles. The normalized spacial score (nSPS) is 14.1. The summed E-state index contributed by atoms with van der Waals surface area (Å²) in [6.07, 6.45) is 3.29. The number of sulfone groups is 1. The number of nitrogens with zero attached hydrogens (tertiary/aromatic N) is 1. The van der Waals surface area contributed by atoms with Gasteiger partial charge in [-0.1, -0.05) is 30.0 Å². The lowest BCUT2D eigenvalue weighted by Gasteiger charge is -2.17. The van der Waals surface area contributed by atoms with E-state index in [2.05, 4.69) is 10.2 Å². The van der Waals surface area contributed by atoms with Crippen molar-refractivity contribution < 1.29 is 22.7 Å². The minimum atomic E-state index is -3.37. The van der Waals surface area contributed by atoms with Crippen LogP contribution in [0.4, 0.5) is 5.69 Å². The second kappa shape index (κ2) is 9.33. The molecule has 0 unspecified atom stereocenters. The van der Waals surface area contributed by atoms with E-state index in [1.165, 1.54) is 30.0 Å². The van der Waals surface area contributed by atoms with Gasteiger partial charge in [0.1, 0.15) is 4.32 Å². The fourth-order valence-electron chi connectivity index (χ4n) is 2.30. The molecule has 7 nitrogen and oxygen atoms in total. The third-order valence-corrected chi connectivity index (χ3v) is 6.20. The Morgan fingerprint density at radius 3 is 2.65 bits per heavy atom. The van der Waals surface area contributed by atoms with Crippen LogP contribution in [0.1, 0.15) is 12.8 Å². The van der Waals surface area contributed by atoms with Gasteiger partial charge in [-0.15, -0.1) is 0 Å². The Balaban J connectivity index is 1.74. The Labute approximate surface area is 162 Å². The maximum atomic E-state index is 11.8. The molecule has 1 amide bonds. The number of ether oxygens (including phenoxy) is 1. The van der Waals surface area contributed by atoms with E-state index in [9.17, 15) is 18.0 Å². The number of amides is 1. The van der Waals surface area contributed by atoms with Crippen LogP contribution >= 0.6 is 24.0 Å². The SMILES string of the molecule is CS(=O)(=O)c1cccc(NC(=O)COC(=O)CSC(=S)N2CCCC2)c1. The van der Waals surface area contributed by atoms with Crippen LogP contribution in [0.15, 0.2) is 29.2 Å². The van der Waals surface area contributed by atoms with Crippen molar-refractivity contribution in [2.45, 2.75) is 17.7 Å². The second-order valence-corrected chi connectivity index (χ2v) is 9.38. The first-order valence-electron chi connectivity index (χ1n) is 7.93. The van der Waals surface area contributed by atoms with Gasteiger partial charge in [0.05, 0.1) is 10.6 Å². The summed E-state index contributed by atoms with van der Waals surface area (Å²) in [6.45, 7) is 1.38. The van der Waals surface area contributed by atoms with E-state index in [0.29, 0.717) is 10.0 Å². The van der Waals surface area contributed by atoms with Gasteiger partial charge in [-0.3, -0.25) is 9.59 Å². The van der Waals surface area contributed by atoms with Gasteiger partial charge in [0.2, 0.25) is 0 Å². The van der Waals surface area contributed by atoms with Crippen molar-refractivity contribution in [3.8, 4) is 0 Å². The maximum Gasteiger partial charge on any atom is 0.316 e. The van der Waals surface area contributed by atoms with Gasteiger partial charge in [-0.25, -0.2) is 8.42 Å². The molecule has 0 saturated carbocycles. The highest BCUT2D eigenvalue weighted by Crippen LogP contribution is 2.17. The molecule has 0 bridgehead atoms. The van der Waals surface area contributed by atoms with E-state index in [4.69, 9.17) is 17.0 Å². The van der Waals surface area contributed by atoms with Crippen LogP contribution in [0.5, 0.6) is 0 Å². The van der Waals surface area contributed by atoms with E-state index in [0.717, 1.165) is 32.2 Å². The Bertz CT molecular complexity index is 789. The lowest BCUT2D eigenvalue weighted by Crippen LogP contribution is -2.25. The molecule has 0 radical (unpaired) electrons. The number of carbonyl (C=O) groups is 2. The molecular weight excluding hydrogens is 396 g/mol. The molecule has 142 valence electrons. The van der Waals surface area contributed by atoms with Crippen LogP contribution in [0.2, 0.25) is 0 Å². The minimum Gasteiger partial charge on any atom is -0.455 e.